The maximum absolute atomic E-state index is 14.0. The van der Waals surface area contributed by atoms with Crippen LogP contribution >= 0.6 is 6.72 Å². The fraction of sp³-hybridized carbons (Fsp3) is 0.444. The molecule has 4 aromatic rings. The molecule has 0 saturated carbocycles. The summed E-state index contributed by atoms with van der Waals surface area (Å²) >= 11 is 5.98. The molecule has 0 bridgehead atoms. The molecule has 5 atom stereocenters. The number of H-pyrrole nitrogens is 1. The average molecular weight is 924 g/mol. The summed E-state index contributed by atoms with van der Waals surface area (Å²) in [6.07, 6.45) is -1.80. The van der Waals surface area contributed by atoms with Crippen molar-refractivity contribution in [3.63, 3.8) is 0 Å². The number of hydrogen-bond acceptors (Lipinski definition) is 16. The first-order chi connectivity index (χ1) is 30.5. The number of hydrogen-bond donors (Lipinski definition) is 1. The first kappa shape index (κ1) is 49.8. The molecule has 0 radical (unpaired) electrons. The quantitative estimate of drug-likeness (QED) is 0.0459. The van der Waals surface area contributed by atoms with Crippen molar-refractivity contribution >= 4 is 30.5 Å². The topological polar surface area (TPSA) is 205 Å². The zero-order chi connectivity index (χ0) is 46.7. The van der Waals surface area contributed by atoms with Gasteiger partial charge in [-0.25, -0.2) is 4.79 Å². The van der Waals surface area contributed by atoms with Crippen LogP contribution in [0.1, 0.15) is 55.7 Å². The lowest BCUT2D eigenvalue weighted by Gasteiger charge is -2.38. The Labute approximate surface area is 376 Å². The molecule has 1 aromatic heterocycles. The Morgan fingerprint density at radius 1 is 0.859 bits per heavy atom. The number of esters is 2. The standard InChI is InChI=1S/C45H54N3O14PS/c1-30-25-48(42(52)47-39(30)49)38-24-36(37(61-38)26-57-40(50)43(2,3)4)62-63(64,59-23-22-53-5)60-29-44(27-46,41(51)56-8)28-58-45(31-12-10-9-11-13-31,32-14-18-34(54-6)19-15-32)33-16-20-35(55-7)21-17-33/h9-21,25,36-38H,22-24,26,28-29H2,1-8H3,(H,47,49,52)/t36-,37+,38+,44?,63?/m0/s1. The Balaban J connectivity index is 1.54. The van der Waals surface area contributed by atoms with Gasteiger partial charge in [-0.1, -0.05) is 54.6 Å². The molecule has 0 amide bonds. The lowest BCUT2D eigenvalue weighted by molar-refractivity contribution is -0.159. The van der Waals surface area contributed by atoms with E-state index in [0.717, 1.165) is 7.11 Å². The fourth-order valence-electron chi connectivity index (χ4n) is 6.76. The largest absolute Gasteiger partial charge is 0.497 e. The maximum Gasteiger partial charge on any atom is 0.331 e. The van der Waals surface area contributed by atoms with Crippen LogP contribution < -0.4 is 20.7 Å². The van der Waals surface area contributed by atoms with Crippen LogP contribution in [0.5, 0.6) is 11.5 Å². The Morgan fingerprint density at radius 3 is 1.98 bits per heavy atom. The van der Waals surface area contributed by atoms with Gasteiger partial charge in [-0.2, -0.15) is 5.26 Å². The molecule has 1 N–H and O–H groups in total. The van der Waals surface area contributed by atoms with E-state index in [2.05, 4.69) is 11.1 Å². The van der Waals surface area contributed by atoms with Gasteiger partial charge in [0.05, 0.1) is 59.2 Å². The lowest BCUT2D eigenvalue weighted by atomic mass is 9.79. The number of nitriles is 1. The van der Waals surface area contributed by atoms with E-state index in [1.165, 1.54) is 24.8 Å². The van der Waals surface area contributed by atoms with E-state index in [1.807, 2.05) is 54.6 Å². The summed E-state index contributed by atoms with van der Waals surface area (Å²) in [5.74, 6) is -0.356. The third kappa shape index (κ3) is 11.5. The normalized spacial score (nSPS) is 18.3. The van der Waals surface area contributed by atoms with Crippen molar-refractivity contribution < 1.29 is 56.3 Å². The molecular weight excluding hydrogens is 870 g/mol. The average Bonchev–Trinajstić information content (AvgIpc) is 3.69. The second-order valence-corrected chi connectivity index (χ2v) is 18.8. The van der Waals surface area contributed by atoms with Crippen LogP contribution in [0.15, 0.2) is 94.6 Å². The van der Waals surface area contributed by atoms with E-state index < -0.39 is 78.0 Å². The smallest absolute Gasteiger partial charge is 0.331 e. The van der Waals surface area contributed by atoms with Gasteiger partial charge in [0.2, 0.25) is 5.41 Å². The highest BCUT2D eigenvalue weighted by atomic mass is 32.5. The predicted molar refractivity (Wildman–Crippen MR) is 236 cm³/mol. The molecule has 0 aliphatic carbocycles. The number of benzene rings is 3. The zero-order valence-corrected chi connectivity index (χ0v) is 38.7. The molecule has 1 fully saturated rings. The highest BCUT2D eigenvalue weighted by Gasteiger charge is 2.49. The zero-order valence-electron chi connectivity index (χ0n) is 37.0. The van der Waals surface area contributed by atoms with Crippen molar-refractivity contribution in [3.05, 3.63) is 128 Å². The van der Waals surface area contributed by atoms with Gasteiger partial charge in [-0.05, 0) is 80.5 Å². The summed E-state index contributed by atoms with van der Waals surface area (Å²) in [5, 5.41) is 11.0. The number of carbonyl (C=O) groups is 2. The van der Waals surface area contributed by atoms with Gasteiger partial charge in [0, 0.05) is 25.3 Å². The molecule has 1 aliphatic heterocycles. The first-order valence-corrected chi connectivity index (χ1v) is 22.7. The van der Waals surface area contributed by atoms with Crippen LogP contribution in [0.4, 0.5) is 0 Å². The Morgan fingerprint density at radius 2 is 1.45 bits per heavy atom. The monoisotopic (exact) mass is 923 g/mol. The van der Waals surface area contributed by atoms with E-state index >= 15 is 0 Å². The van der Waals surface area contributed by atoms with Gasteiger partial charge < -0.3 is 46.7 Å². The Bertz CT molecular complexity index is 2370. The van der Waals surface area contributed by atoms with E-state index in [0.29, 0.717) is 28.2 Å². The SMILES string of the molecule is COCCOP(=S)(OCC(C#N)(COC(c1ccccc1)(c1ccc(OC)cc1)c1ccc(OC)cc1)C(=O)OC)O[C@H]1C[C@H](n2cc(C)c(=O)[nH]c2=O)O[C@@H]1COC(=O)C(C)(C)C. The van der Waals surface area contributed by atoms with Crippen molar-refractivity contribution in [2.45, 2.75) is 58.2 Å². The first-order valence-electron chi connectivity index (χ1n) is 20.2. The van der Waals surface area contributed by atoms with E-state index in [-0.39, 0.29) is 31.8 Å². The van der Waals surface area contributed by atoms with Gasteiger partial charge >= 0.3 is 24.3 Å². The number of aryl methyl sites for hydroxylation is 1. The molecule has 1 aliphatic rings. The maximum atomic E-state index is 14.0. The summed E-state index contributed by atoms with van der Waals surface area (Å²) in [6.45, 7) is 0.812. The third-order valence-electron chi connectivity index (χ3n) is 10.4. The van der Waals surface area contributed by atoms with Gasteiger partial charge in [-0.15, -0.1) is 0 Å². The molecule has 0 spiro atoms. The van der Waals surface area contributed by atoms with Gasteiger partial charge in [0.25, 0.3) is 5.56 Å². The summed E-state index contributed by atoms with van der Waals surface area (Å²) in [5.41, 5.74) is -3.66. The molecule has 64 heavy (non-hydrogen) atoms. The van der Waals surface area contributed by atoms with Crippen LogP contribution in [0.3, 0.4) is 0 Å². The molecular formula is C45H54N3O14PS. The molecule has 2 heterocycles. The van der Waals surface area contributed by atoms with E-state index in [9.17, 15) is 24.4 Å². The van der Waals surface area contributed by atoms with E-state index in [1.54, 1.807) is 59.3 Å². The van der Waals surface area contributed by atoms with Crippen molar-refractivity contribution in [3.8, 4) is 17.6 Å². The molecule has 2 unspecified atom stereocenters. The van der Waals surface area contributed by atoms with Crippen LogP contribution in [0.25, 0.3) is 0 Å². The summed E-state index contributed by atoms with van der Waals surface area (Å²) in [6, 6.07) is 25.7. The number of rotatable bonds is 21. The van der Waals surface area contributed by atoms with Gasteiger partial charge in [0.15, 0.2) is 0 Å². The second kappa shape index (κ2) is 21.6. The third-order valence-corrected chi connectivity index (χ3v) is 12.8. The van der Waals surface area contributed by atoms with Crippen LogP contribution in [-0.4, -0.2) is 95.2 Å². The van der Waals surface area contributed by atoms with Crippen LogP contribution in [-0.2, 0) is 64.3 Å². The van der Waals surface area contributed by atoms with Crippen molar-refractivity contribution in [1.29, 1.82) is 5.26 Å². The Hall–Kier alpha value is -5.22. The lowest BCUT2D eigenvalue weighted by Crippen LogP contribution is -2.44. The fourth-order valence-corrected chi connectivity index (χ4v) is 8.90. The minimum absolute atomic E-state index is 0.0503. The number of aromatic nitrogens is 2. The minimum atomic E-state index is -4.03. The van der Waals surface area contributed by atoms with Crippen LogP contribution in [0.2, 0.25) is 0 Å². The summed E-state index contributed by atoms with van der Waals surface area (Å²) < 4.78 is 60.2. The Kier molecular flexibility index (Phi) is 16.8. The minimum Gasteiger partial charge on any atom is -0.497 e. The number of nitrogens with one attached hydrogen (secondary N) is 1. The summed E-state index contributed by atoms with van der Waals surface area (Å²) in [4.78, 5) is 54.3. The van der Waals surface area contributed by atoms with Gasteiger partial charge in [0.1, 0.15) is 42.1 Å². The van der Waals surface area contributed by atoms with E-state index in [4.69, 9.17) is 58.5 Å². The summed E-state index contributed by atoms with van der Waals surface area (Å²) in [7, 11) is 5.69. The van der Waals surface area contributed by atoms with Gasteiger partial charge in [-0.3, -0.25) is 23.9 Å². The van der Waals surface area contributed by atoms with Crippen molar-refractivity contribution in [1.82, 2.24) is 9.55 Å². The second-order valence-electron chi connectivity index (χ2n) is 15.9. The van der Waals surface area contributed by atoms with Crippen LogP contribution in [0, 0.1) is 29.1 Å². The number of ether oxygens (including phenoxy) is 7. The molecule has 17 nitrogen and oxygen atoms in total. The number of carbonyl (C=O) groups excluding carboxylic acids is 2. The molecule has 5 rings (SSSR count). The van der Waals surface area contributed by atoms with Crippen molar-refractivity contribution in [2.24, 2.45) is 10.8 Å². The highest BCUT2D eigenvalue weighted by Crippen LogP contribution is 2.55. The van der Waals surface area contributed by atoms with Crippen molar-refractivity contribution in [2.75, 3.05) is 61.5 Å². The molecule has 19 heteroatoms. The molecule has 1 saturated heterocycles. The number of methoxy groups -OCH3 is 4. The number of nitrogens with zero attached hydrogens (tertiary/aromatic N) is 2. The molecule has 344 valence electrons. The number of aromatic amines is 1. The molecule has 3 aromatic carbocycles. The highest BCUT2D eigenvalue weighted by molar-refractivity contribution is 8.07. The predicted octanol–water partition coefficient (Wildman–Crippen LogP) is 5.72.